The van der Waals surface area contributed by atoms with Crippen LogP contribution in [0.2, 0.25) is 0 Å². The number of aromatic nitrogens is 2. The lowest BCUT2D eigenvalue weighted by Gasteiger charge is -2.34. The Hall–Kier alpha value is -2.74. The minimum absolute atomic E-state index is 0.127. The fraction of sp³-hybridized carbons (Fsp3) is 0.280. The molecule has 0 radical (unpaired) electrons. The van der Waals surface area contributed by atoms with Crippen LogP contribution < -0.4 is 0 Å². The van der Waals surface area contributed by atoms with Crippen LogP contribution in [-0.2, 0) is 11.8 Å². The fourth-order valence-corrected chi connectivity index (χ4v) is 4.38. The summed E-state index contributed by atoms with van der Waals surface area (Å²) in [5.41, 5.74) is 6.78. The maximum absolute atomic E-state index is 8.68. The second kappa shape index (κ2) is 5.63. The third-order valence-electron chi connectivity index (χ3n) is 5.67. The molecule has 0 spiro atoms. The van der Waals surface area contributed by atoms with E-state index >= 15 is 0 Å². The van der Waals surface area contributed by atoms with Crippen LogP contribution >= 0.6 is 0 Å². The van der Waals surface area contributed by atoms with Gasteiger partial charge in [0.05, 0.1) is 16.7 Å². The molecule has 0 saturated carbocycles. The van der Waals surface area contributed by atoms with E-state index in [9.17, 15) is 0 Å². The Labute approximate surface area is 163 Å². The first-order valence-electron chi connectivity index (χ1n) is 10.6. The van der Waals surface area contributed by atoms with Crippen molar-refractivity contribution in [2.45, 2.75) is 39.5 Å². The largest absolute Gasteiger partial charge is 0.256 e. The first-order valence-corrected chi connectivity index (χ1v) is 9.56. The Morgan fingerprint density at radius 2 is 1.78 bits per heavy atom. The van der Waals surface area contributed by atoms with Crippen LogP contribution in [0.5, 0.6) is 0 Å². The number of nitrogens with zero attached hydrogens (tertiary/aromatic N) is 2. The summed E-state index contributed by atoms with van der Waals surface area (Å²) in [4.78, 5) is 9.65. The van der Waals surface area contributed by atoms with Gasteiger partial charge >= 0.3 is 0 Å². The maximum Gasteiger partial charge on any atom is 0.0758 e. The summed E-state index contributed by atoms with van der Waals surface area (Å²) in [7, 11) is 0. The maximum atomic E-state index is 8.68. The molecule has 5 rings (SSSR count). The molecule has 0 N–H and O–H groups in total. The summed E-state index contributed by atoms with van der Waals surface area (Å²) in [6, 6.07) is 16.3. The Balaban J connectivity index is 1.91. The van der Waals surface area contributed by atoms with Gasteiger partial charge in [0.1, 0.15) is 0 Å². The van der Waals surface area contributed by atoms with Gasteiger partial charge in [0.25, 0.3) is 0 Å². The lowest BCUT2D eigenvalue weighted by atomic mass is 9.70. The highest BCUT2D eigenvalue weighted by Gasteiger charge is 2.34. The van der Waals surface area contributed by atoms with Crippen LogP contribution in [0.4, 0.5) is 0 Å². The zero-order valence-corrected chi connectivity index (χ0v) is 16.2. The van der Waals surface area contributed by atoms with Crippen LogP contribution in [0.3, 0.4) is 0 Å². The molecule has 4 aromatic rings. The molecule has 0 fully saturated rings. The molecular formula is C25H24N2. The lowest BCUT2D eigenvalue weighted by Crippen LogP contribution is -2.24. The van der Waals surface area contributed by atoms with Gasteiger partial charge in [-0.25, -0.2) is 4.98 Å². The highest BCUT2D eigenvalue weighted by Crippen LogP contribution is 2.48. The molecule has 0 amide bonds. The van der Waals surface area contributed by atoms with Crippen LogP contribution in [0, 0.1) is 5.92 Å². The molecule has 1 aliphatic rings. The van der Waals surface area contributed by atoms with E-state index in [4.69, 9.17) is 7.73 Å². The third kappa shape index (κ3) is 2.32. The molecule has 1 aliphatic carbocycles. The van der Waals surface area contributed by atoms with E-state index in [1.54, 1.807) is 0 Å². The third-order valence-corrected chi connectivity index (χ3v) is 5.67. The summed E-state index contributed by atoms with van der Waals surface area (Å²) < 4.78 is 17.4. The van der Waals surface area contributed by atoms with Crippen molar-refractivity contribution in [3.05, 3.63) is 71.4 Å². The second-order valence-electron chi connectivity index (χ2n) is 8.24. The van der Waals surface area contributed by atoms with Crippen molar-refractivity contribution in [3.8, 4) is 11.3 Å². The van der Waals surface area contributed by atoms with Crippen LogP contribution in [0.1, 0.15) is 47.1 Å². The Bertz CT molecular complexity index is 1280. The molecular weight excluding hydrogens is 328 g/mol. The van der Waals surface area contributed by atoms with Gasteiger partial charge in [0.2, 0.25) is 0 Å². The number of fused-ring (bicyclic) bond motifs is 3. The zero-order chi connectivity index (χ0) is 20.6. The van der Waals surface area contributed by atoms with Crippen molar-refractivity contribution in [3.63, 3.8) is 0 Å². The van der Waals surface area contributed by atoms with Gasteiger partial charge in [-0.1, -0.05) is 52.0 Å². The van der Waals surface area contributed by atoms with Gasteiger partial charge in [0, 0.05) is 30.7 Å². The topological polar surface area (TPSA) is 25.8 Å². The van der Waals surface area contributed by atoms with Crippen molar-refractivity contribution in [2.75, 3.05) is 0 Å². The summed E-state index contributed by atoms with van der Waals surface area (Å²) in [5.74, 6) is -0.127. The van der Waals surface area contributed by atoms with Gasteiger partial charge in [0.15, 0.2) is 0 Å². The molecule has 0 bridgehead atoms. The summed E-state index contributed by atoms with van der Waals surface area (Å²) in [6.45, 7) is 8.31. The number of benzene rings is 2. The minimum Gasteiger partial charge on any atom is -0.256 e. The predicted molar refractivity (Wildman–Crippen MR) is 113 cm³/mol. The first-order chi connectivity index (χ1) is 13.7. The number of pyridine rings is 2. The van der Waals surface area contributed by atoms with Crippen LogP contribution in [0.25, 0.3) is 33.1 Å². The summed E-state index contributed by atoms with van der Waals surface area (Å²) in [6.07, 6.45) is 0.430. The standard InChI is InChI=1S/C25H24N2/c1-15(2)13-16-7-5-9-21-18(16)14-20-24(27-21)17-11-12-26-22-10-6-8-19(23(17)22)25(20,3)4/h5-12,14-15H,13H2,1-4H3/i13D2. The Morgan fingerprint density at radius 1 is 1.00 bits per heavy atom. The number of hydrogen-bond acceptors (Lipinski definition) is 2. The van der Waals surface area contributed by atoms with E-state index in [0.717, 1.165) is 38.8 Å². The molecule has 2 aromatic heterocycles. The van der Waals surface area contributed by atoms with Crippen molar-refractivity contribution in [1.29, 1.82) is 0 Å². The quantitative estimate of drug-likeness (QED) is 0.423. The van der Waals surface area contributed by atoms with E-state index < -0.39 is 6.37 Å². The summed E-state index contributed by atoms with van der Waals surface area (Å²) in [5, 5.41) is 2.08. The van der Waals surface area contributed by atoms with Crippen molar-refractivity contribution in [2.24, 2.45) is 5.92 Å². The second-order valence-corrected chi connectivity index (χ2v) is 8.24. The molecule has 2 aromatic carbocycles. The molecule has 134 valence electrons. The monoisotopic (exact) mass is 354 g/mol. The van der Waals surface area contributed by atoms with E-state index in [2.05, 4.69) is 49.2 Å². The molecule has 2 heterocycles. The molecule has 0 saturated heterocycles. The van der Waals surface area contributed by atoms with E-state index in [1.165, 1.54) is 10.9 Å². The molecule has 0 atom stereocenters. The zero-order valence-electron chi connectivity index (χ0n) is 18.2. The van der Waals surface area contributed by atoms with Crippen molar-refractivity contribution in [1.82, 2.24) is 9.97 Å². The van der Waals surface area contributed by atoms with E-state index in [-0.39, 0.29) is 11.3 Å². The average molecular weight is 354 g/mol. The fourth-order valence-electron chi connectivity index (χ4n) is 4.38. The normalized spacial score (nSPS) is 16.3. The Kier molecular flexibility index (Phi) is 2.99. The Morgan fingerprint density at radius 3 is 2.59 bits per heavy atom. The highest BCUT2D eigenvalue weighted by molar-refractivity contribution is 6.02. The molecule has 2 nitrogen and oxygen atoms in total. The van der Waals surface area contributed by atoms with E-state index in [0.29, 0.717) is 0 Å². The molecule has 2 heteroatoms. The van der Waals surface area contributed by atoms with Crippen LogP contribution in [0.15, 0.2) is 54.7 Å². The van der Waals surface area contributed by atoms with Gasteiger partial charge < -0.3 is 0 Å². The smallest absolute Gasteiger partial charge is 0.0758 e. The van der Waals surface area contributed by atoms with Gasteiger partial charge in [-0.3, -0.25) is 4.98 Å². The SMILES string of the molecule is [2H]C([2H])(c1cccc2nc3c(cc12)C(C)(C)c1cccc2nccc-3c12)C(C)C. The number of hydrogen-bond donors (Lipinski definition) is 0. The van der Waals surface area contributed by atoms with Gasteiger partial charge in [-0.05, 0) is 53.2 Å². The average Bonchev–Trinajstić information content (AvgIpc) is 2.70. The first kappa shape index (κ1) is 14.3. The van der Waals surface area contributed by atoms with Gasteiger partial charge in [-0.15, -0.1) is 0 Å². The van der Waals surface area contributed by atoms with E-state index in [1.807, 2.05) is 38.2 Å². The van der Waals surface area contributed by atoms with Crippen LogP contribution in [-0.4, -0.2) is 9.97 Å². The summed E-state index contributed by atoms with van der Waals surface area (Å²) >= 11 is 0. The predicted octanol–water partition coefficient (Wildman–Crippen LogP) is 6.29. The molecule has 27 heavy (non-hydrogen) atoms. The number of rotatable bonds is 2. The molecule has 0 aliphatic heterocycles. The lowest BCUT2D eigenvalue weighted by molar-refractivity contribution is 0.641. The molecule has 0 unspecified atom stereocenters. The van der Waals surface area contributed by atoms with Crippen molar-refractivity contribution < 1.29 is 2.74 Å². The van der Waals surface area contributed by atoms with Crippen molar-refractivity contribution >= 4 is 21.8 Å². The minimum atomic E-state index is -1.42. The highest BCUT2D eigenvalue weighted by atomic mass is 14.7. The van der Waals surface area contributed by atoms with Gasteiger partial charge in [-0.2, -0.15) is 0 Å².